The van der Waals surface area contributed by atoms with Crippen LogP contribution in [0.3, 0.4) is 0 Å². The second kappa shape index (κ2) is 11.5. The average molecular weight is 534 g/mol. The minimum absolute atomic E-state index is 0.143. The Kier molecular flexibility index (Phi) is 8.05. The summed E-state index contributed by atoms with van der Waals surface area (Å²) in [6.07, 6.45) is 3.97. The SMILES string of the molecule is Cc1cccc(C)c1NC(=O)C1N(CCCCCCO)C(=O)[C@@H]2[C@@H](C(=O)NCc3ccccc3)[C@H]3CCC12O3. The van der Waals surface area contributed by atoms with Gasteiger partial charge in [0.05, 0.1) is 17.9 Å². The molecule has 0 aromatic heterocycles. The third-order valence-corrected chi connectivity index (χ3v) is 8.70. The van der Waals surface area contributed by atoms with Crippen molar-refractivity contribution in [3.05, 3.63) is 65.2 Å². The van der Waals surface area contributed by atoms with E-state index in [0.717, 1.165) is 41.6 Å². The zero-order chi connectivity index (χ0) is 27.6. The van der Waals surface area contributed by atoms with E-state index in [9.17, 15) is 14.4 Å². The predicted molar refractivity (Wildman–Crippen MR) is 148 cm³/mol. The molecule has 3 aliphatic heterocycles. The fourth-order valence-corrected chi connectivity index (χ4v) is 6.85. The van der Waals surface area contributed by atoms with Crippen LogP contribution in [0.15, 0.2) is 48.5 Å². The third kappa shape index (κ3) is 5.08. The second-order valence-corrected chi connectivity index (χ2v) is 11.2. The Balaban J connectivity index is 1.40. The number of aryl methyl sites for hydroxylation is 2. The topological polar surface area (TPSA) is 108 Å². The van der Waals surface area contributed by atoms with E-state index in [4.69, 9.17) is 9.84 Å². The van der Waals surface area contributed by atoms with Crippen LogP contribution >= 0.6 is 0 Å². The zero-order valence-corrected chi connectivity index (χ0v) is 22.8. The first-order valence-electron chi connectivity index (χ1n) is 14.2. The molecule has 3 N–H and O–H groups in total. The van der Waals surface area contributed by atoms with Gasteiger partial charge in [-0.15, -0.1) is 0 Å². The van der Waals surface area contributed by atoms with Crippen LogP contribution in [0.2, 0.25) is 0 Å². The van der Waals surface area contributed by atoms with Gasteiger partial charge in [-0.1, -0.05) is 61.4 Å². The lowest BCUT2D eigenvalue weighted by molar-refractivity contribution is -0.141. The molecule has 3 saturated heterocycles. The van der Waals surface area contributed by atoms with E-state index in [1.807, 2.05) is 62.4 Å². The number of hydrogen-bond donors (Lipinski definition) is 3. The summed E-state index contributed by atoms with van der Waals surface area (Å²) in [5.41, 5.74) is 2.63. The molecule has 3 amide bonds. The number of aliphatic hydroxyl groups is 1. The van der Waals surface area contributed by atoms with Gasteiger partial charge in [-0.2, -0.15) is 0 Å². The van der Waals surface area contributed by atoms with E-state index in [1.54, 1.807) is 4.90 Å². The molecule has 3 aliphatic rings. The molecule has 1 spiro atoms. The first kappa shape index (κ1) is 27.3. The molecule has 3 fully saturated rings. The summed E-state index contributed by atoms with van der Waals surface area (Å²) in [7, 11) is 0. The highest BCUT2D eigenvalue weighted by Gasteiger charge is 2.74. The van der Waals surface area contributed by atoms with Gasteiger partial charge in [-0.3, -0.25) is 14.4 Å². The van der Waals surface area contributed by atoms with Crippen molar-refractivity contribution in [2.45, 2.75) is 76.7 Å². The quantitative estimate of drug-likeness (QED) is 0.384. The fourth-order valence-electron chi connectivity index (χ4n) is 6.85. The van der Waals surface area contributed by atoms with Gasteiger partial charge >= 0.3 is 0 Å². The zero-order valence-electron chi connectivity index (χ0n) is 22.8. The number of carbonyl (C=O) groups is 3. The first-order valence-corrected chi connectivity index (χ1v) is 14.2. The Hall–Kier alpha value is -3.23. The highest BCUT2D eigenvalue weighted by Crippen LogP contribution is 2.58. The smallest absolute Gasteiger partial charge is 0.250 e. The normalized spacial score (nSPS) is 27.1. The van der Waals surface area contributed by atoms with Gasteiger partial charge in [0, 0.05) is 25.4 Å². The number of ether oxygens (including phenoxy) is 1. The van der Waals surface area contributed by atoms with Crippen molar-refractivity contribution >= 4 is 23.4 Å². The molecule has 2 aromatic rings. The lowest BCUT2D eigenvalue weighted by Crippen LogP contribution is -2.53. The number of nitrogens with zero attached hydrogens (tertiary/aromatic N) is 1. The van der Waals surface area contributed by atoms with Gasteiger partial charge < -0.3 is 25.4 Å². The maximum atomic E-state index is 14.0. The lowest BCUT2D eigenvalue weighted by atomic mass is 9.70. The molecular weight excluding hydrogens is 494 g/mol. The van der Waals surface area contributed by atoms with Gasteiger partial charge in [0.25, 0.3) is 0 Å². The molecule has 5 rings (SSSR count). The molecule has 2 unspecified atom stereocenters. The Morgan fingerprint density at radius 1 is 1.00 bits per heavy atom. The molecule has 8 nitrogen and oxygen atoms in total. The number of hydrogen-bond acceptors (Lipinski definition) is 5. The number of fused-ring (bicyclic) bond motifs is 1. The van der Waals surface area contributed by atoms with Crippen molar-refractivity contribution in [1.29, 1.82) is 0 Å². The van der Waals surface area contributed by atoms with E-state index in [-0.39, 0.29) is 30.4 Å². The molecule has 5 atom stereocenters. The minimum Gasteiger partial charge on any atom is -0.396 e. The monoisotopic (exact) mass is 533 g/mol. The van der Waals surface area contributed by atoms with Crippen LogP contribution in [0.1, 0.15) is 55.2 Å². The van der Waals surface area contributed by atoms with Crippen molar-refractivity contribution < 1.29 is 24.2 Å². The number of benzene rings is 2. The Morgan fingerprint density at radius 2 is 1.72 bits per heavy atom. The third-order valence-electron chi connectivity index (χ3n) is 8.70. The molecule has 0 aliphatic carbocycles. The van der Waals surface area contributed by atoms with Crippen LogP contribution in [0.4, 0.5) is 5.69 Å². The van der Waals surface area contributed by atoms with Crippen LogP contribution in [-0.4, -0.2) is 58.6 Å². The van der Waals surface area contributed by atoms with E-state index in [0.29, 0.717) is 32.4 Å². The van der Waals surface area contributed by atoms with E-state index in [2.05, 4.69) is 10.6 Å². The highest BCUT2D eigenvalue weighted by atomic mass is 16.5. The molecule has 208 valence electrons. The Labute approximate surface area is 230 Å². The fraction of sp³-hybridized carbons (Fsp3) is 0.516. The number of rotatable bonds is 11. The first-order chi connectivity index (χ1) is 18.9. The largest absolute Gasteiger partial charge is 0.396 e. The van der Waals surface area contributed by atoms with E-state index < -0.39 is 23.5 Å². The molecule has 0 radical (unpaired) electrons. The summed E-state index contributed by atoms with van der Waals surface area (Å²) < 4.78 is 6.53. The number of carbonyl (C=O) groups excluding carboxylic acids is 3. The molecule has 2 aromatic carbocycles. The van der Waals surface area contributed by atoms with Crippen LogP contribution in [0.25, 0.3) is 0 Å². The maximum absolute atomic E-state index is 14.0. The molecule has 39 heavy (non-hydrogen) atoms. The summed E-state index contributed by atoms with van der Waals surface area (Å²) >= 11 is 0. The Bertz CT molecular complexity index is 1200. The summed E-state index contributed by atoms with van der Waals surface area (Å²) in [5.74, 6) is -1.92. The molecular formula is C31H39N3O5. The number of unbranched alkanes of at least 4 members (excludes halogenated alkanes) is 3. The Morgan fingerprint density at radius 3 is 2.44 bits per heavy atom. The average Bonchev–Trinajstić information content (AvgIpc) is 3.57. The standard InChI is InChI=1S/C31H39N3O5/c1-20-11-10-12-21(2)26(20)33-29(37)27-31-16-15-23(39-31)24(28(36)32-19-22-13-6-5-7-14-22)25(31)30(38)34(27)17-8-3-4-9-18-35/h5-7,10-14,23-25,27,35H,3-4,8-9,15-19H2,1-2H3,(H,32,36)(H,33,37)/t23-,24+,25+,27?,31?/m1/s1. The van der Waals surface area contributed by atoms with Crippen LogP contribution in [0.5, 0.6) is 0 Å². The van der Waals surface area contributed by atoms with Crippen LogP contribution < -0.4 is 10.6 Å². The summed E-state index contributed by atoms with van der Waals surface area (Å²) in [5, 5.41) is 15.3. The summed E-state index contributed by atoms with van der Waals surface area (Å²) in [6.45, 7) is 4.84. The van der Waals surface area contributed by atoms with Crippen molar-refractivity contribution in [2.75, 3.05) is 18.5 Å². The van der Waals surface area contributed by atoms with Gasteiger partial charge in [0.2, 0.25) is 17.7 Å². The van der Waals surface area contributed by atoms with E-state index in [1.165, 1.54) is 0 Å². The number of anilines is 1. The van der Waals surface area contributed by atoms with Gasteiger partial charge in [-0.05, 0) is 56.2 Å². The number of nitrogens with one attached hydrogen (secondary N) is 2. The van der Waals surface area contributed by atoms with Crippen molar-refractivity contribution in [2.24, 2.45) is 11.8 Å². The number of para-hydroxylation sites is 1. The molecule has 0 saturated carbocycles. The second-order valence-electron chi connectivity index (χ2n) is 11.2. The van der Waals surface area contributed by atoms with Crippen molar-refractivity contribution in [3.63, 3.8) is 0 Å². The van der Waals surface area contributed by atoms with E-state index >= 15 is 0 Å². The molecule has 3 heterocycles. The van der Waals surface area contributed by atoms with Gasteiger partial charge in [0.1, 0.15) is 11.6 Å². The summed E-state index contributed by atoms with van der Waals surface area (Å²) in [4.78, 5) is 43.2. The van der Waals surface area contributed by atoms with Crippen molar-refractivity contribution in [1.82, 2.24) is 10.2 Å². The number of amides is 3. The van der Waals surface area contributed by atoms with Crippen molar-refractivity contribution in [3.8, 4) is 0 Å². The molecule has 2 bridgehead atoms. The number of aliphatic hydroxyl groups excluding tert-OH is 1. The van der Waals surface area contributed by atoms with Gasteiger partial charge in [0.15, 0.2) is 0 Å². The van der Waals surface area contributed by atoms with Gasteiger partial charge in [-0.25, -0.2) is 0 Å². The van der Waals surface area contributed by atoms with Crippen LogP contribution in [-0.2, 0) is 25.7 Å². The lowest BCUT2D eigenvalue weighted by Gasteiger charge is -2.33. The summed E-state index contributed by atoms with van der Waals surface area (Å²) in [6, 6.07) is 14.7. The number of likely N-dealkylation sites (tertiary alicyclic amines) is 1. The minimum atomic E-state index is -1.01. The van der Waals surface area contributed by atoms with Crippen LogP contribution in [0, 0.1) is 25.7 Å². The maximum Gasteiger partial charge on any atom is 0.250 e. The molecule has 8 heteroatoms. The highest BCUT2D eigenvalue weighted by molar-refractivity contribution is 6.04. The predicted octanol–water partition coefficient (Wildman–Crippen LogP) is 3.49.